The van der Waals surface area contributed by atoms with Crippen LogP contribution in [0.15, 0.2) is 12.1 Å². The number of hydrogen-bond donors (Lipinski definition) is 2. The van der Waals surface area contributed by atoms with Crippen molar-refractivity contribution in [3.05, 3.63) is 23.4 Å². The molecule has 2 aromatic rings. The molecule has 0 amide bonds. The van der Waals surface area contributed by atoms with Crippen LogP contribution in [-0.4, -0.2) is 61.5 Å². The van der Waals surface area contributed by atoms with Crippen LogP contribution < -0.4 is 14.8 Å². The maximum atomic E-state index is 9.27. The van der Waals surface area contributed by atoms with Gasteiger partial charge < -0.3 is 19.9 Å². The zero-order valence-electron chi connectivity index (χ0n) is 16.3. The SMILES string of the molecule is COc1cc2nc3c(c(N[C@H]4CCCN(CCO)C4)c2cc1OC)CCC3. The fourth-order valence-electron chi connectivity index (χ4n) is 4.48. The molecule has 1 aromatic heterocycles. The Bertz CT molecular complexity index is 822. The lowest BCUT2D eigenvalue weighted by atomic mass is 10.0. The summed E-state index contributed by atoms with van der Waals surface area (Å²) >= 11 is 0. The second kappa shape index (κ2) is 7.90. The third-order valence-corrected chi connectivity index (χ3v) is 5.79. The van der Waals surface area contributed by atoms with Crippen LogP contribution in [0.1, 0.15) is 30.5 Å². The van der Waals surface area contributed by atoms with Crippen LogP contribution in [-0.2, 0) is 12.8 Å². The van der Waals surface area contributed by atoms with Gasteiger partial charge in [0, 0.05) is 42.0 Å². The van der Waals surface area contributed by atoms with Gasteiger partial charge in [-0.25, -0.2) is 0 Å². The summed E-state index contributed by atoms with van der Waals surface area (Å²) in [6.45, 7) is 3.00. The molecular weight excluding hydrogens is 342 g/mol. The lowest BCUT2D eigenvalue weighted by molar-refractivity contribution is 0.166. The number of hydrogen-bond acceptors (Lipinski definition) is 6. The van der Waals surface area contributed by atoms with Gasteiger partial charge in [-0.3, -0.25) is 9.88 Å². The minimum atomic E-state index is 0.220. The molecular formula is C21H29N3O3. The molecule has 2 aliphatic rings. The van der Waals surface area contributed by atoms with Crippen LogP contribution in [0.5, 0.6) is 11.5 Å². The number of anilines is 1. The van der Waals surface area contributed by atoms with E-state index in [-0.39, 0.29) is 6.61 Å². The van der Waals surface area contributed by atoms with E-state index >= 15 is 0 Å². The molecule has 146 valence electrons. The number of aliphatic hydroxyl groups is 1. The van der Waals surface area contributed by atoms with Gasteiger partial charge in [0.25, 0.3) is 0 Å². The first-order chi connectivity index (χ1) is 13.2. The van der Waals surface area contributed by atoms with E-state index in [1.807, 2.05) is 6.07 Å². The molecule has 4 rings (SSSR count). The van der Waals surface area contributed by atoms with Gasteiger partial charge in [0.05, 0.1) is 26.3 Å². The number of rotatable bonds is 6. The summed E-state index contributed by atoms with van der Waals surface area (Å²) in [6, 6.07) is 4.42. The lowest BCUT2D eigenvalue weighted by Gasteiger charge is -2.34. The van der Waals surface area contributed by atoms with Gasteiger partial charge in [0.15, 0.2) is 11.5 Å². The van der Waals surface area contributed by atoms with Crippen LogP contribution in [0.25, 0.3) is 10.9 Å². The zero-order valence-corrected chi connectivity index (χ0v) is 16.3. The average Bonchev–Trinajstić information content (AvgIpc) is 3.15. The van der Waals surface area contributed by atoms with Crippen molar-refractivity contribution in [1.82, 2.24) is 9.88 Å². The van der Waals surface area contributed by atoms with E-state index < -0.39 is 0 Å². The summed E-state index contributed by atoms with van der Waals surface area (Å²) in [7, 11) is 3.33. The molecule has 0 saturated carbocycles. The average molecular weight is 371 g/mol. The summed E-state index contributed by atoms with van der Waals surface area (Å²) in [5.41, 5.74) is 4.73. The van der Waals surface area contributed by atoms with Crippen LogP contribution in [0.3, 0.4) is 0 Å². The van der Waals surface area contributed by atoms with Gasteiger partial charge in [-0.05, 0) is 50.3 Å². The maximum Gasteiger partial charge on any atom is 0.162 e. The van der Waals surface area contributed by atoms with E-state index in [9.17, 15) is 5.11 Å². The number of ether oxygens (including phenoxy) is 2. The third kappa shape index (κ3) is 3.56. The highest BCUT2D eigenvalue weighted by molar-refractivity contribution is 5.96. The van der Waals surface area contributed by atoms with Crippen molar-refractivity contribution in [2.75, 3.05) is 45.8 Å². The van der Waals surface area contributed by atoms with Gasteiger partial charge in [-0.1, -0.05) is 0 Å². The van der Waals surface area contributed by atoms with Gasteiger partial charge in [0.1, 0.15) is 0 Å². The van der Waals surface area contributed by atoms with E-state index in [1.165, 1.54) is 16.9 Å². The standard InChI is InChI=1S/C21H29N3O3/c1-26-19-11-16-18(12-20(19)27-2)23-17-7-3-6-15(17)21(16)22-14-5-4-8-24(13-14)9-10-25/h11-12,14,25H,3-10,13H2,1-2H3,(H,22,23)/t14-/m0/s1. The fourth-order valence-corrected chi connectivity index (χ4v) is 4.48. The minimum Gasteiger partial charge on any atom is -0.493 e. The molecule has 2 N–H and O–H groups in total. The molecule has 1 saturated heterocycles. The third-order valence-electron chi connectivity index (χ3n) is 5.79. The largest absolute Gasteiger partial charge is 0.493 e. The van der Waals surface area contributed by atoms with Crippen molar-refractivity contribution >= 4 is 16.6 Å². The molecule has 1 aromatic carbocycles. The highest BCUT2D eigenvalue weighted by atomic mass is 16.5. The van der Waals surface area contributed by atoms with E-state index in [0.717, 1.165) is 68.4 Å². The Morgan fingerprint density at radius 3 is 2.78 bits per heavy atom. The number of methoxy groups -OCH3 is 2. The molecule has 6 heteroatoms. The Hall–Kier alpha value is -2.05. The highest BCUT2D eigenvalue weighted by Gasteiger charge is 2.25. The van der Waals surface area contributed by atoms with Crippen molar-refractivity contribution in [2.24, 2.45) is 0 Å². The van der Waals surface area contributed by atoms with Crippen LogP contribution in [0.2, 0.25) is 0 Å². The summed E-state index contributed by atoms with van der Waals surface area (Å²) < 4.78 is 11.0. The van der Waals surface area contributed by atoms with Gasteiger partial charge >= 0.3 is 0 Å². The topological polar surface area (TPSA) is 66.9 Å². The Balaban J connectivity index is 1.74. The smallest absolute Gasteiger partial charge is 0.162 e. The molecule has 0 radical (unpaired) electrons. The highest BCUT2D eigenvalue weighted by Crippen LogP contribution is 2.40. The number of piperidine rings is 1. The summed E-state index contributed by atoms with van der Waals surface area (Å²) in [6.07, 6.45) is 5.56. The van der Waals surface area contributed by atoms with Crippen LogP contribution in [0.4, 0.5) is 5.69 Å². The molecule has 27 heavy (non-hydrogen) atoms. The summed E-state index contributed by atoms with van der Waals surface area (Å²) in [4.78, 5) is 7.26. The first-order valence-corrected chi connectivity index (χ1v) is 9.90. The Kier molecular flexibility index (Phi) is 5.36. The Morgan fingerprint density at radius 2 is 2.00 bits per heavy atom. The van der Waals surface area contributed by atoms with E-state index in [1.54, 1.807) is 14.2 Å². The minimum absolute atomic E-state index is 0.220. The molecule has 0 unspecified atom stereocenters. The number of aliphatic hydroxyl groups excluding tert-OH is 1. The van der Waals surface area contributed by atoms with Crippen molar-refractivity contribution in [3.8, 4) is 11.5 Å². The summed E-state index contributed by atoms with van der Waals surface area (Å²) in [5, 5.41) is 14.2. The number of likely N-dealkylation sites (tertiary alicyclic amines) is 1. The quantitative estimate of drug-likeness (QED) is 0.814. The number of fused-ring (bicyclic) bond motifs is 2. The molecule has 1 fully saturated rings. The second-order valence-electron chi connectivity index (χ2n) is 7.50. The number of nitrogens with zero attached hydrogens (tertiary/aromatic N) is 2. The van der Waals surface area contributed by atoms with E-state index in [4.69, 9.17) is 14.5 Å². The Labute approximate surface area is 160 Å². The van der Waals surface area contributed by atoms with Crippen molar-refractivity contribution in [1.29, 1.82) is 0 Å². The van der Waals surface area contributed by atoms with Crippen LogP contribution in [0, 0.1) is 0 Å². The zero-order chi connectivity index (χ0) is 18.8. The maximum absolute atomic E-state index is 9.27. The summed E-state index contributed by atoms with van der Waals surface area (Å²) in [5.74, 6) is 1.45. The number of pyridine rings is 1. The number of nitrogens with one attached hydrogen (secondary N) is 1. The lowest BCUT2D eigenvalue weighted by Crippen LogP contribution is -2.43. The number of aryl methyl sites for hydroxylation is 1. The number of β-amino-alcohol motifs (C(OH)–C–C–N with tert-alkyl or cyclic N) is 1. The monoisotopic (exact) mass is 371 g/mol. The molecule has 0 spiro atoms. The molecule has 0 bridgehead atoms. The molecule has 6 nitrogen and oxygen atoms in total. The van der Waals surface area contributed by atoms with Gasteiger partial charge in [0.2, 0.25) is 0 Å². The van der Waals surface area contributed by atoms with Gasteiger partial charge in [-0.15, -0.1) is 0 Å². The van der Waals surface area contributed by atoms with Crippen molar-refractivity contribution in [2.45, 2.75) is 38.1 Å². The molecule has 1 aliphatic carbocycles. The molecule has 1 atom stereocenters. The first kappa shape index (κ1) is 18.3. The van der Waals surface area contributed by atoms with Crippen molar-refractivity contribution < 1.29 is 14.6 Å². The second-order valence-corrected chi connectivity index (χ2v) is 7.50. The first-order valence-electron chi connectivity index (χ1n) is 9.90. The predicted octanol–water partition coefficient (Wildman–Crippen LogP) is 2.61. The van der Waals surface area contributed by atoms with Crippen molar-refractivity contribution in [3.63, 3.8) is 0 Å². The molecule has 2 heterocycles. The molecule has 1 aliphatic heterocycles. The number of aromatic nitrogens is 1. The van der Waals surface area contributed by atoms with Crippen LogP contribution >= 0.6 is 0 Å². The Morgan fingerprint density at radius 1 is 1.19 bits per heavy atom. The number of benzene rings is 1. The van der Waals surface area contributed by atoms with E-state index in [2.05, 4.69) is 16.3 Å². The fraction of sp³-hybridized carbons (Fsp3) is 0.571. The predicted molar refractivity (Wildman–Crippen MR) is 107 cm³/mol. The van der Waals surface area contributed by atoms with Gasteiger partial charge in [-0.2, -0.15) is 0 Å². The normalized spacial score (nSPS) is 19.9. The van der Waals surface area contributed by atoms with E-state index in [0.29, 0.717) is 11.8 Å².